The highest BCUT2D eigenvalue weighted by atomic mass is 16.6. The van der Waals surface area contributed by atoms with E-state index >= 15 is 0 Å². The van der Waals surface area contributed by atoms with Crippen LogP contribution in [0.1, 0.15) is 33.6 Å². The Morgan fingerprint density at radius 1 is 1.00 bits per heavy atom. The van der Waals surface area contributed by atoms with E-state index in [-0.39, 0.29) is 17.6 Å². The van der Waals surface area contributed by atoms with Crippen LogP contribution < -0.4 is 15.8 Å². The molecule has 1 saturated heterocycles. The second-order valence-corrected chi connectivity index (χ2v) is 9.87. The van der Waals surface area contributed by atoms with Gasteiger partial charge in [-0.3, -0.25) is 9.36 Å². The quantitative estimate of drug-likeness (QED) is 0.407. The lowest BCUT2D eigenvalue weighted by molar-refractivity contribution is -0.156. The summed E-state index contributed by atoms with van der Waals surface area (Å²) >= 11 is 0. The number of hydrogen-bond donors (Lipinski definition) is 1. The molecule has 0 amide bonds. The van der Waals surface area contributed by atoms with Gasteiger partial charge in [-0.15, -0.1) is 0 Å². The zero-order valence-electron chi connectivity index (χ0n) is 20.6. The molecule has 1 N–H and O–H groups in total. The van der Waals surface area contributed by atoms with Crippen molar-refractivity contribution in [1.82, 2.24) is 14.5 Å². The van der Waals surface area contributed by atoms with Crippen molar-refractivity contribution in [3.05, 3.63) is 83.3 Å². The van der Waals surface area contributed by atoms with Crippen molar-refractivity contribution in [3.8, 4) is 5.69 Å². The predicted octanol–water partition coefficient (Wildman–Crippen LogP) is 4.83. The number of fused-ring (bicyclic) bond motifs is 1. The maximum absolute atomic E-state index is 12.7. The van der Waals surface area contributed by atoms with E-state index in [1.807, 2.05) is 75.4 Å². The molecule has 0 saturated carbocycles. The van der Waals surface area contributed by atoms with E-state index in [0.717, 1.165) is 41.8 Å². The van der Waals surface area contributed by atoms with Crippen LogP contribution in [0.3, 0.4) is 0 Å². The molecule has 0 radical (unpaired) electrons. The Kier molecular flexibility index (Phi) is 6.18. The number of carbonyl (C=O) groups is 1. The fourth-order valence-corrected chi connectivity index (χ4v) is 4.46. The zero-order chi connectivity index (χ0) is 25.3. The molecule has 2 aromatic heterocycles. The number of pyridine rings is 1. The number of carbonyl (C=O) groups excluding carboxylic acids is 1. The van der Waals surface area contributed by atoms with Crippen LogP contribution in [0, 0.1) is 0 Å². The third-order valence-electron chi connectivity index (χ3n) is 6.03. The number of nitrogens with zero attached hydrogens (tertiary/aromatic N) is 4. The minimum atomic E-state index is -0.509. The van der Waals surface area contributed by atoms with Gasteiger partial charge in [-0.1, -0.05) is 18.2 Å². The van der Waals surface area contributed by atoms with Crippen molar-refractivity contribution < 1.29 is 9.53 Å². The fourth-order valence-electron chi connectivity index (χ4n) is 4.46. The van der Waals surface area contributed by atoms with Crippen molar-refractivity contribution >= 4 is 34.3 Å². The van der Waals surface area contributed by atoms with Crippen LogP contribution in [0.4, 0.5) is 17.3 Å². The largest absolute Gasteiger partial charge is 0.458 e. The molecule has 36 heavy (non-hydrogen) atoms. The van der Waals surface area contributed by atoms with Crippen LogP contribution in [0.25, 0.3) is 16.7 Å². The van der Waals surface area contributed by atoms with Gasteiger partial charge in [0.1, 0.15) is 11.6 Å². The summed E-state index contributed by atoms with van der Waals surface area (Å²) in [5, 5.41) is 3.99. The lowest BCUT2D eigenvalue weighted by Crippen LogP contribution is -2.40. The van der Waals surface area contributed by atoms with E-state index in [1.165, 1.54) is 6.07 Å². The summed E-state index contributed by atoms with van der Waals surface area (Å²) in [4.78, 5) is 36.5. The second kappa shape index (κ2) is 9.45. The topological polar surface area (TPSA) is 89.4 Å². The zero-order valence-corrected chi connectivity index (χ0v) is 20.6. The Morgan fingerprint density at radius 2 is 1.75 bits per heavy atom. The molecular weight excluding hydrogens is 454 g/mol. The monoisotopic (exact) mass is 483 g/mol. The minimum absolute atomic E-state index is 0.159. The molecule has 8 heteroatoms. The summed E-state index contributed by atoms with van der Waals surface area (Å²) in [5.41, 5.74) is 2.37. The van der Waals surface area contributed by atoms with Crippen molar-refractivity contribution in [1.29, 1.82) is 0 Å². The lowest BCUT2D eigenvalue weighted by Gasteiger charge is -2.28. The van der Waals surface area contributed by atoms with E-state index in [0.29, 0.717) is 11.6 Å². The van der Waals surface area contributed by atoms with Crippen LogP contribution in [-0.4, -0.2) is 38.7 Å². The third kappa shape index (κ3) is 4.93. The third-order valence-corrected chi connectivity index (χ3v) is 6.03. The van der Waals surface area contributed by atoms with Gasteiger partial charge in [-0.2, -0.15) is 4.98 Å². The van der Waals surface area contributed by atoms with Crippen LogP contribution in [0.2, 0.25) is 0 Å². The Bertz CT molecular complexity index is 1440. The molecule has 0 spiro atoms. The number of rotatable bonds is 5. The minimum Gasteiger partial charge on any atom is -0.458 e. The molecule has 0 bridgehead atoms. The van der Waals surface area contributed by atoms with E-state index in [2.05, 4.69) is 20.2 Å². The average Bonchev–Trinajstić information content (AvgIpc) is 3.34. The smallest absolute Gasteiger partial charge is 0.329 e. The first kappa shape index (κ1) is 23.5. The predicted molar refractivity (Wildman–Crippen MR) is 141 cm³/mol. The number of esters is 1. The molecule has 1 aliphatic rings. The summed E-state index contributed by atoms with van der Waals surface area (Å²) < 4.78 is 7.21. The van der Waals surface area contributed by atoms with E-state index in [1.54, 1.807) is 16.8 Å². The van der Waals surface area contributed by atoms with Gasteiger partial charge in [-0.25, -0.2) is 9.78 Å². The first-order chi connectivity index (χ1) is 17.3. The van der Waals surface area contributed by atoms with Gasteiger partial charge < -0.3 is 15.0 Å². The lowest BCUT2D eigenvalue weighted by atomic mass is 10.1. The number of ether oxygens (including phenoxy) is 1. The van der Waals surface area contributed by atoms with Crippen LogP contribution >= 0.6 is 0 Å². The maximum Gasteiger partial charge on any atom is 0.329 e. The molecule has 1 unspecified atom stereocenters. The highest BCUT2D eigenvalue weighted by Crippen LogP contribution is 2.29. The Balaban J connectivity index is 1.38. The van der Waals surface area contributed by atoms with Gasteiger partial charge >= 0.3 is 5.97 Å². The molecule has 5 rings (SSSR count). The molecule has 4 aromatic rings. The van der Waals surface area contributed by atoms with Crippen molar-refractivity contribution in [2.24, 2.45) is 0 Å². The van der Waals surface area contributed by atoms with Crippen LogP contribution in [-0.2, 0) is 9.53 Å². The summed E-state index contributed by atoms with van der Waals surface area (Å²) in [6.07, 6.45) is 3.43. The van der Waals surface area contributed by atoms with Crippen LogP contribution in [0.15, 0.2) is 77.7 Å². The highest BCUT2D eigenvalue weighted by Gasteiger charge is 2.34. The molecule has 1 atom stereocenters. The number of nitrogens with one attached hydrogen (secondary N) is 1. The van der Waals surface area contributed by atoms with Crippen molar-refractivity contribution in [2.75, 3.05) is 16.8 Å². The first-order valence-electron chi connectivity index (χ1n) is 12.1. The first-order valence-corrected chi connectivity index (χ1v) is 12.1. The number of benzene rings is 2. The van der Waals surface area contributed by atoms with E-state index < -0.39 is 5.60 Å². The number of aromatic nitrogens is 3. The van der Waals surface area contributed by atoms with E-state index in [9.17, 15) is 9.59 Å². The van der Waals surface area contributed by atoms with Crippen molar-refractivity contribution in [2.45, 2.75) is 45.3 Å². The standard InChI is InChI=1S/C28H29N5O3/c1-28(2,3)36-26(35)23-10-7-17-32(23)21-14-12-20(13-15-21)30-27-29-18-19-11-16-24(34)33(25(19)31-27)22-8-5-4-6-9-22/h4-6,8-9,11-16,18,23H,7,10,17H2,1-3H3,(H,29,30,31). The fraction of sp³-hybridized carbons (Fsp3) is 0.286. The summed E-state index contributed by atoms with van der Waals surface area (Å²) in [6, 6.07) is 20.2. The van der Waals surface area contributed by atoms with Crippen molar-refractivity contribution in [3.63, 3.8) is 0 Å². The van der Waals surface area contributed by atoms with E-state index in [4.69, 9.17) is 4.74 Å². The van der Waals surface area contributed by atoms with Gasteiger partial charge in [-0.05, 0) is 76.1 Å². The normalized spacial score (nSPS) is 15.8. The average molecular weight is 484 g/mol. The molecule has 0 aliphatic carbocycles. The Hall–Kier alpha value is -4.20. The molecule has 184 valence electrons. The number of para-hydroxylation sites is 1. The highest BCUT2D eigenvalue weighted by molar-refractivity contribution is 5.81. The summed E-state index contributed by atoms with van der Waals surface area (Å²) in [7, 11) is 0. The molecule has 3 heterocycles. The summed E-state index contributed by atoms with van der Waals surface area (Å²) in [5.74, 6) is 0.203. The van der Waals surface area contributed by atoms with Gasteiger partial charge in [0.2, 0.25) is 5.95 Å². The Labute approximate surface area is 209 Å². The molecule has 1 fully saturated rings. The Morgan fingerprint density at radius 3 is 2.47 bits per heavy atom. The molecule has 8 nitrogen and oxygen atoms in total. The molecule has 1 aliphatic heterocycles. The SMILES string of the molecule is CC(C)(C)OC(=O)C1CCCN1c1ccc(Nc2ncc3ccc(=O)n(-c4ccccc4)c3n2)cc1. The number of anilines is 3. The van der Waals surface area contributed by atoms with Gasteiger partial charge in [0, 0.05) is 35.6 Å². The maximum atomic E-state index is 12.7. The second-order valence-electron chi connectivity index (χ2n) is 9.87. The molecule has 2 aromatic carbocycles. The van der Waals surface area contributed by atoms with Gasteiger partial charge in [0.15, 0.2) is 5.65 Å². The molecular formula is C28H29N5O3. The van der Waals surface area contributed by atoms with Gasteiger partial charge in [0.25, 0.3) is 5.56 Å². The summed E-state index contributed by atoms with van der Waals surface area (Å²) in [6.45, 7) is 6.47. The number of hydrogen-bond acceptors (Lipinski definition) is 7. The van der Waals surface area contributed by atoms with Gasteiger partial charge in [0.05, 0.1) is 5.69 Å². The van der Waals surface area contributed by atoms with Crippen LogP contribution in [0.5, 0.6) is 0 Å².